The molecule has 3 nitrogen and oxygen atoms in total. The van der Waals surface area contributed by atoms with Gasteiger partial charge in [-0.05, 0) is 48.8 Å². The molecule has 0 aliphatic rings. The van der Waals surface area contributed by atoms with E-state index in [2.05, 4.69) is 26.2 Å². The lowest BCUT2D eigenvalue weighted by Gasteiger charge is -2.23. The molecule has 1 N–H and O–H groups in total. The molecule has 0 amide bonds. The van der Waals surface area contributed by atoms with Gasteiger partial charge in [-0.2, -0.15) is 0 Å². The van der Waals surface area contributed by atoms with Crippen molar-refractivity contribution in [2.45, 2.75) is 26.4 Å². The van der Waals surface area contributed by atoms with E-state index in [1.165, 1.54) is 0 Å². The molecule has 0 spiro atoms. The summed E-state index contributed by atoms with van der Waals surface area (Å²) >= 11 is 3.42. The van der Waals surface area contributed by atoms with Crippen LogP contribution in [0.2, 0.25) is 0 Å². The van der Waals surface area contributed by atoms with Crippen LogP contribution in [0.25, 0.3) is 0 Å². The Morgan fingerprint density at radius 2 is 2.13 bits per heavy atom. The molecule has 15 heavy (non-hydrogen) atoms. The third kappa shape index (κ3) is 3.80. The van der Waals surface area contributed by atoms with Crippen LogP contribution in [0.15, 0.2) is 16.6 Å². The van der Waals surface area contributed by atoms with E-state index in [-0.39, 0.29) is 5.60 Å². The van der Waals surface area contributed by atoms with Crippen molar-refractivity contribution in [3.8, 4) is 0 Å². The number of aromatic nitrogens is 1. The van der Waals surface area contributed by atoms with E-state index in [4.69, 9.17) is 4.74 Å². The monoisotopic (exact) mass is 272 g/mol. The smallest absolute Gasteiger partial charge is 0.126 e. The Balaban J connectivity index is 2.62. The van der Waals surface area contributed by atoms with E-state index < -0.39 is 0 Å². The first kappa shape index (κ1) is 12.5. The zero-order chi connectivity index (χ0) is 11.5. The summed E-state index contributed by atoms with van der Waals surface area (Å²) in [6.45, 7) is 6.77. The normalized spacial score (nSPS) is 11.5. The number of aryl methyl sites for hydroxylation is 1. The van der Waals surface area contributed by atoms with Crippen molar-refractivity contribution in [3.63, 3.8) is 0 Å². The highest BCUT2D eigenvalue weighted by molar-refractivity contribution is 9.10. The first-order chi connectivity index (χ1) is 6.94. The average Bonchev–Trinajstić information content (AvgIpc) is 2.20. The Morgan fingerprint density at radius 3 is 2.67 bits per heavy atom. The summed E-state index contributed by atoms with van der Waals surface area (Å²) in [6.07, 6.45) is 0. The number of ether oxygens (including phenoxy) is 1. The second kappa shape index (κ2) is 4.94. The molecular weight excluding hydrogens is 256 g/mol. The van der Waals surface area contributed by atoms with Crippen molar-refractivity contribution < 1.29 is 4.74 Å². The molecule has 0 aliphatic heterocycles. The fourth-order valence-corrected chi connectivity index (χ4v) is 1.24. The average molecular weight is 273 g/mol. The van der Waals surface area contributed by atoms with Gasteiger partial charge in [0.2, 0.25) is 0 Å². The van der Waals surface area contributed by atoms with E-state index in [1.807, 2.05) is 32.9 Å². The van der Waals surface area contributed by atoms with Gasteiger partial charge < -0.3 is 10.1 Å². The molecule has 4 heteroatoms. The molecule has 1 heterocycles. The quantitative estimate of drug-likeness (QED) is 0.915. The van der Waals surface area contributed by atoms with E-state index in [9.17, 15) is 0 Å². The third-order valence-electron chi connectivity index (χ3n) is 2.27. The minimum Gasteiger partial charge on any atom is -0.377 e. The summed E-state index contributed by atoms with van der Waals surface area (Å²) in [5, 5.41) is 3.25. The summed E-state index contributed by atoms with van der Waals surface area (Å²) in [4.78, 5) is 4.40. The van der Waals surface area contributed by atoms with Crippen LogP contribution in [0.4, 0.5) is 5.82 Å². The Bertz CT molecular complexity index is 339. The van der Waals surface area contributed by atoms with Crippen LogP contribution < -0.4 is 5.32 Å². The number of pyridine rings is 1. The molecule has 0 bridgehead atoms. The lowest BCUT2D eigenvalue weighted by atomic mass is 10.1. The predicted octanol–water partition coefficient (Wildman–Crippen LogP) is 2.99. The molecule has 1 aromatic heterocycles. The van der Waals surface area contributed by atoms with Gasteiger partial charge in [-0.15, -0.1) is 0 Å². The number of nitrogens with zero attached hydrogens (tertiary/aromatic N) is 1. The fourth-order valence-electron chi connectivity index (χ4n) is 1.02. The summed E-state index contributed by atoms with van der Waals surface area (Å²) in [6, 6.07) is 3.94. The Labute approximate surface area is 99.4 Å². The molecule has 0 aliphatic carbocycles. The van der Waals surface area contributed by atoms with Crippen LogP contribution in [0.3, 0.4) is 0 Å². The SMILES string of the molecule is COC(C)(C)CNc1ccc(Br)c(C)n1. The minimum absolute atomic E-state index is 0.178. The highest BCUT2D eigenvalue weighted by atomic mass is 79.9. The van der Waals surface area contributed by atoms with Gasteiger partial charge in [0, 0.05) is 18.1 Å². The zero-order valence-electron chi connectivity index (χ0n) is 9.60. The molecule has 1 aromatic rings. The number of rotatable bonds is 4. The molecule has 0 radical (unpaired) electrons. The van der Waals surface area contributed by atoms with Crippen molar-refractivity contribution >= 4 is 21.7 Å². The first-order valence-corrected chi connectivity index (χ1v) is 5.66. The van der Waals surface area contributed by atoms with Gasteiger partial charge in [0.1, 0.15) is 5.82 Å². The number of methoxy groups -OCH3 is 1. The number of halogens is 1. The summed E-state index contributed by atoms with van der Waals surface area (Å²) in [5.74, 6) is 0.876. The molecule has 1 rings (SSSR count). The Hall–Kier alpha value is -0.610. The van der Waals surface area contributed by atoms with Gasteiger partial charge in [0.05, 0.1) is 11.3 Å². The van der Waals surface area contributed by atoms with Gasteiger partial charge in [-0.1, -0.05) is 0 Å². The van der Waals surface area contributed by atoms with Crippen LogP contribution in [-0.4, -0.2) is 24.2 Å². The summed E-state index contributed by atoms with van der Waals surface area (Å²) < 4.78 is 6.34. The molecule has 0 aromatic carbocycles. The van der Waals surface area contributed by atoms with Crippen molar-refractivity contribution in [1.29, 1.82) is 0 Å². The van der Waals surface area contributed by atoms with Gasteiger partial charge in [0.15, 0.2) is 0 Å². The largest absolute Gasteiger partial charge is 0.377 e. The van der Waals surface area contributed by atoms with E-state index in [0.29, 0.717) is 0 Å². The predicted molar refractivity (Wildman–Crippen MR) is 66.3 cm³/mol. The first-order valence-electron chi connectivity index (χ1n) is 4.87. The standard InChI is InChI=1S/C11H17BrN2O/c1-8-9(12)5-6-10(14-8)13-7-11(2,3)15-4/h5-6H,7H2,1-4H3,(H,13,14). The van der Waals surface area contributed by atoms with Crippen molar-refractivity contribution in [2.75, 3.05) is 19.0 Å². The van der Waals surface area contributed by atoms with E-state index in [1.54, 1.807) is 7.11 Å². The summed E-state index contributed by atoms with van der Waals surface area (Å²) in [5.41, 5.74) is 0.804. The van der Waals surface area contributed by atoms with Crippen molar-refractivity contribution in [2.24, 2.45) is 0 Å². The highest BCUT2D eigenvalue weighted by Gasteiger charge is 2.15. The molecule has 0 unspecified atom stereocenters. The second-order valence-corrected chi connectivity index (χ2v) is 4.94. The second-order valence-electron chi connectivity index (χ2n) is 4.08. The molecule has 0 fully saturated rings. The fraction of sp³-hybridized carbons (Fsp3) is 0.545. The van der Waals surface area contributed by atoms with Crippen LogP contribution in [-0.2, 0) is 4.74 Å². The van der Waals surface area contributed by atoms with Crippen molar-refractivity contribution in [1.82, 2.24) is 4.98 Å². The van der Waals surface area contributed by atoms with Crippen LogP contribution in [0.5, 0.6) is 0 Å². The number of nitrogens with one attached hydrogen (secondary N) is 1. The molecule has 0 saturated heterocycles. The lowest BCUT2D eigenvalue weighted by molar-refractivity contribution is 0.0343. The Morgan fingerprint density at radius 1 is 1.47 bits per heavy atom. The molecule has 0 atom stereocenters. The van der Waals surface area contributed by atoms with Crippen LogP contribution in [0.1, 0.15) is 19.5 Å². The van der Waals surface area contributed by atoms with Crippen LogP contribution >= 0.6 is 15.9 Å². The van der Waals surface area contributed by atoms with Gasteiger partial charge in [-0.25, -0.2) is 4.98 Å². The molecule has 84 valence electrons. The maximum absolute atomic E-state index is 5.31. The molecule has 0 saturated carbocycles. The van der Waals surface area contributed by atoms with E-state index >= 15 is 0 Å². The number of hydrogen-bond donors (Lipinski definition) is 1. The molecular formula is C11H17BrN2O. The van der Waals surface area contributed by atoms with E-state index in [0.717, 1.165) is 22.5 Å². The van der Waals surface area contributed by atoms with Crippen molar-refractivity contribution in [3.05, 3.63) is 22.3 Å². The number of hydrogen-bond acceptors (Lipinski definition) is 3. The maximum Gasteiger partial charge on any atom is 0.126 e. The zero-order valence-corrected chi connectivity index (χ0v) is 11.2. The lowest BCUT2D eigenvalue weighted by Crippen LogP contribution is -2.32. The van der Waals surface area contributed by atoms with Gasteiger partial charge in [0.25, 0.3) is 0 Å². The highest BCUT2D eigenvalue weighted by Crippen LogP contribution is 2.17. The third-order valence-corrected chi connectivity index (χ3v) is 3.11. The maximum atomic E-state index is 5.31. The topological polar surface area (TPSA) is 34.1 Å². The van der Waals surface area contributed by atoms with Gasteiger partial charge >= 0.3 is 0 Å². The number of anilines is 1. The van der Waals surface area contributed by atoms with Crippen LogP contribution in [0, 0.1) is 6.92 Å². The Kier molecular flexibility index (Phi) is 4.11. The van der Waals surface area contributed by atoms with Gasteiger partial charge in [-0.3, -0.25) is 0 Å². The summed E-state index contributed by atoms with van der Waals surface area (Å²) in [7, 11) is 1.71. The minimum atomic E-state index is -0.178.